The van der Waals surface area contributed by atoms with E-state index in [-0.39, 0.29) is 28.7 Å². The van der Waals surface area contributed by atoms with Crippen molar-refractivity contribution < 1.29 is 19.4 Å². The zero-order valence-corrected chi connectivity index (χ0v) is 15.8. The normalized spacial score (nSPS) is 52.1. The summed E-state index contributed by atoms with van der Waals surface area (Å²) in [6, 6.07) is 0. The van der Waals surface area contributed by atoms with Gasteiger partial charge in [-0.2, -0.15) is 0 Å². The lowest BCUT2D eigenvalue weighted by Crippen LogP contribution is -2.65. The van der Waals surface area contributed by atoms with Crippen LogP contribution in [0.2, 0.25) is 0 Å². The lowest BCUT2D eigenvalue weighted by Gasteiger charge is -2.62. The van der Waals surface area contributed by atoms with Crippen molar-refractivity contribution in [3.05, 3.63) is 0 Å². The lowest BCUT2D eigenvalue weighted by molar-refractivity contribution is -0.206. The van der Waals surface area contributed by atoms with Gasteiger partial charge in [-0.05, 0) is 69.1 Å². The van der Waals surface area contributed by atoms with Gasteiger partial charge in [-0.25, -0.2) is 0 Å². The van der Waals surface area contributed by atoms with Crippen LogP contribution in [0.5, 0.6) is 0 Å². The molecule has 4 rings (SSSR count). The van der Waals surface area contributed by atoms with E-state index in [1.165, 1.54) is 6.92 Å². The Hall–Kier alpha value is -0.900. The maximum Gasteiger partial charge on any atom is 0.302 e. The predicted molar refractivity (Wildman–Crippen MR) is 93.7 cm³/mol. The molecule has 0 aromatic carbocycles. The van der Waals surface area contributed by atoms with Gasteiger partial charge in [0.1, 0.15) is 11.7 Å². The van der Waals surface area contributed by atoms with Gasteiger partial charge >= 0.3 is 5.97 Å². The Labute approximate surface area is 150 Å². The molecule has 0 bridgehead atoms. The Morgan fingerprint density at radius 2 is 1.84 bits per heavy atom. The molecule has 0 aliphatic heterocycles. The van der Waals surface area contributed by atoms with Crippen LogP contribution in [0.25, 0.3) is 0 Å². The molecule has 0 spiro atoms. The Morgan fingerprint density at radius 3 is 2.56 bits per heavy atom. The molecule has 4 aliphatic rings. The summed E-state index contributed by atoms with van der Waals surface area (Å²) in [5.41, 5.74) is -1.31. The number of carbonyl (C=O) groups excluding carboxylic acids is 2. The predicted octanol–water partition coefficient (Wildman–Crippen LogP) is 3.64. The van der Waals surface area contributed by atoms with Gasteiger partial charge in [0.2, 0.25) is 0 Å². The fraction of sp³-hybridized carbons (Fsp3) is 0.905. The van der Waals surface area contributed by atoms with Gasteiger partial charge in [-0.1, -0.05) is 13.8 Å². The van der Waals surface area contributed by atoms with E-state index in [1.54, 1.807) is 0 Å². The van der Waals surface area contributed by atoms with Crippen LogP contribution in [-0.2, 0) is 14.3 Å². The summed E-state index contributed by atoms with van der Waals surface area (Å²) in [5.74, 6) is 1.43. The maximum absolute atomic E-state index is 12.6. The fourth-order valence-electron chi connectivity index (χ4n) is 7.47. The molecule has 7 atom stereocenters. The zero-order valence-electron chi connectivity index (χ0n) is 15.8. The van der Waals surface area contributed by atoms with Crippen molar-refractivity contribution in [2.75, 3.05) is 0 Å². The molecular weight excluding hydrogens is 316 g/mol. The average molecular weight is 348 g/mol. The molecular formula is C21H32O4. The molecule has 4 aliphatic carbocycles. The first-order valence-corrected chi connectivity index (χ1v) is 10.2. The van der Waals surface area contributed by atoms with Gasteiger partial charge < -0.3 is 9.84 Å². The number of rotatable bonds is 1. The van der Waals surface area contributed by atoms with Gasteiger partial charge in [0.25, 0.3) is 0 Å². The van der Waals surface area contributed by atoms with Gasteiger partial charge in [0.15, 0.2) is 5.78 Å². The number of ketones is 1. The van der Waals surface area contributed by atoms with E-state index in [9.17, 15) is 14.7 Å². The summed E-state index contributed by atoms with van der Waals surface area (Å²) in [5, 5.41) is 11.3. The number of ether oxygens (including phenoxy) is 1. The minimum absolute atomic E-state index is 0.0394. The highest BCUT2D eigenvalue weighted by Gasteiger charge is 2.66. The SMILES string of the molecule is CC(=O)O[C@H]1CC[C@H]2[C@@H]3CCC4(O)C(=O)CCC[C@]4(C)[C@H]3CC[C@]12C. The highest BCUT2D eigenvalue weighted by molar-refractivity contribution is 5.89. The average Bonchev–Trinajstić information content (AvgIpc) is 2.86. The van der Waals surface area contributed by atoms with Crippen molar-refractivity contribution in [1.29, 1.82) is 0 Å². The van der Waals surface area contributed by atoms with Gasteiger partial charge in [0, 0.05) is 24.2 Å². The molecule has 0 heterocycles. The monoisotopic (exact) mass is 348 g/mol. The van der Waals surface area contributed by atoms with Crippen LogP contribution in [-0.4, -0.2) is 28.6 Å². The molecule has 0 aromatic rings. The quantitative estimate of drug-likeness (QED) is 0.735. The van der Waals surface area contributed by atoms with Crippen LogP contribution in [0.1, 0.15) is 78.6 Å². The van der Waals surface area contributed by atoms with Crippen LogP contribution in [0.3, 0.4) is 0 Å². The van der Waals surface area contributed by atoms with Crippen LogP contribution < -0.4 is 0 Å². The molecule has 1 N–H and O–H groups in total. The van der Waals surface area contributed by atoms with Crippen LogP contribution in [0.15, 0.2) is 0 Å². The molecule has 4 nitrogen and oxygen atoms in total. The first kappa shape index (κ1) is 17.5. The van der Waals surface area contributed by atoms with Crippen molar-refractivity contribution in [3.8, 4) is 0 Å². The summed E-state index contributed by atoms with van der Waals surface area (Å²) in [6.45, 7) is 6.00. The van der Waals surface area contributed by atoms with Crippen molar-refractivity contribution in [3.63, 3.8) is 0 Å². The lowest BCUT2D eigenvalue weighted by atomic mass is 9.43. The summed E-state index contributed by atoms with van der Waals surface area (Å²) in [7, 11) is 0. The Kier molecular flexibility index (Phi) is 3.89. The maximum atomic E-state index is 12.6. The van der Waals surface area contributed by atoms with Crippen molar-refractivity contribution >= 4 is 11.8 Å². The van der Waals surface area contributed by atoms with Crippen LogP contribution >= 0.6 is 0 Å². The van der Waals surface area contributed by atoms with Crippen LogP contribution in [0.4, 0.5) is 0 Å². The van der Waals surface area contributed by atoms with E-state index in [2.05, 4.69) is 13.8 Å². The standard InChI is InChI=1S/C21H32O4/c1-13(22)25-18-7-6-15-14-8-12-21(24)17(23)5-4-10-20(21,3)16(14)9-11-19(15,18)2/h14-16,18,24H,4-12H2,1-3H3/t14-,15-,16-,18-,19-,20+,21?/m0/s1. The summed E-state index contributed by atoms with van der Waals surface area (Å²) < 4.78 is 5.69. The molecule has 0 radical (unpaired) electrons. The molecule has 0 aromatic heterocycles. The minimum atomic E-state index is -1.10. The molecule has 25 heavy (non-hydrogen) atoms. The summed E-state index contributed by atoms with van der Waals surface area (Å²) in [4.78, 5) is 24.1. The highest BCUT2D eigenvalue weighted by atomic mass is 16.5. The first-order valence-electron chi connectivity index (χ1n) is 10.2. The number of Topliss-reactive ketones (excluding diaryl/α,β-unsaturated/α-hetero) is 1. The third-order valence-corrected chi connectivity index (χ3v) is 8.82. The number of esters is 1. The molecule has 4 heteroatoms. The molecule has 1 unspecified atom stereocenters. The van der Waals surface area contributed by atoms with Crippen molar-refractivity contribution in [2.45, 2.75) is 90.3 Å². The van der Waals surface area contributed by atoms with E-state index >= 15 is 0 Å². The molecule has 140 valence electrons. The molecule has 0 saturated heterocycles. The number of carbonyl (C=O) groups is 2. The molecule has 4 saturated carbocycles. The number of aliphatic hydroxyl groups is 1. The smallest absolute Gasteiger partial charge is 0.302 e. The van der Waals surface area contributed by atoms with E-state index < -0.39 is 5.60 Å². The van der Waals surface area contributed by atoms with Crippen molar-refractivity contribution in [2.24, 2.45) is 28.6 Å². The minimum Gasteiger partial charge on any atom is -0.462 e. The highest BCUT2D eigenvalue weighted by Crippen LogP contribution is 2.67. The van der Waals surface area contributed by atoms with Gasteiger partial charge in [-0.3, -0.25) is 9.59 Å². The Morgan fingerprint density at radius 1 is 1.08 bits per heavy atom. The second-order valence-electron chi connectivity index (χ2n) is 9.69. The van der Waals surface area contributed by atoms with Gasteiger partial charge in [0.05, 0.1) is 0 Å². The van der Waals surface area contributed by atoms with E-state index in [0.717, 1.165) is 44.9 Å². The topological polar surface area (TPSA) is 63.6 Å². The van der Waals surface area contributed by atoms with E-state index in [4.69, 9.17) is 4.74 Å². The summed E-state index contributed by atoms with van der Waals surface area (Å²) in [6.07, 6.45) is 8.17. The number of hydrogen-bond donors (Lipinski definition) is 1. The number of hydrogen-bond acceptors (Lipinski definition) is 4. The molecule has 0 amide bonds. The van der Waals surface area contributed by atoms with E-state index in [1.807, 2.05) is 0 Å². The number of fused-ring (bicyclic) bond motifs is 5. The Balaban J connectivity index is 1.64. The first-order chi connectivity index (χ1) is 11.7. The Bertz CT molecular complexity index is 601. The molecule has 4 fully saturated rings. The fourth-order valence-corrected chi connectivity index (χ4v) is 7.47. The van der Waals surface area contributed by atoms with Crippen molar-refractivity contribution in [1.82, 2.24) is 0 Å². The van der Waals surface area contributed by atoms with Crippen LogP contribution in [0, 0.1) is 28.6 Å². The van der Waals surface area contributed by atoms with E-state index in [0.29, 0.717) is 30.6 Å². The largest absolute Gasteiger partial charge is 0.462 e. The zero-order chi connectivity index (χ0) is 18.0. The summed E-state index contributed by atoms with van der Waals surface area (Å²) >= 11 is 0. The second kappa shape index (κ2) is 5.55. The second-order valence-corrected chi connectivity index (χ2v) is 9.69. The third kappa shape index (κ3) is 2.22. The van der Waals surface area contributed by atoms with Gasteiger partial charge in [-0.15, -0.1) is 0 Å². The third-order valence-electron chi connectivity index (χ3n) is 8.82.